The van der Waals surface area contributed by atoms with E-state index in [-0.39, 0.29) is 24.8 Å². The summed E-state index contributed by atoms with van der Waals surface area (Å²) in [6.07, 6.45) is 1.65. The lowest BCUT2D eigenvalue weighted by Crippen LogP contribution is -2.48. The van der Waals surface area contributed by atoms with Crippen molar-refractivity contribution in [2.45, 2.75) is 58.5 Å². The summed E-state index contributed by atoms with van der Waals surface area (Å²) in [6.45, 7) is 6.74. The van der Waals surface area contributed by atoms with Crippen LogP contribution in [0, 0.1) is 13.8 Å². The molecule has 0 aliphatic carbocycles. The smallest absolute Gasteiger partial charge is 0.407 e. The van der Waals surface area contributed by atoms with E-state index in [4.69, 9.17) is 9.26 Å². The molecule has 1 aliphatic rings. The van der Waals surface area contributed by atoms with Crippen LogP contribution in [-0.2, 0) is 20.7 Å². The maximum Gasteiger partial charge on any atom is 0.407 e. The monoisotopic (exact) mass is 456 g/mol. The molecule has 3 rings (SSSR count). The summed E-state index contributed by atoms with van der Waals surface area (Å²) in [5.74, 6) is 0.0382. The average molecular weight is 457 g/mol. The Morgan fingerprint density at radius 1 is 1.24 bits per heavy atom. The molecule has 0 radical (unpaired) electrons. The molecular formula is C24H32N4O5. The van der Waals surface area contributed by atoms with Gasteiger partial charge in [0.05, 0.1) is 18.2 Å². The molecule has 2 N–H and O–H groups in total. The molecule has 0 spiro atoms. The molecule has 2 atom stereocenters. The molecule has 0 unspecified atom stereocenters. The minimum atomic E-state index is -0.580. The summed E-state index contributed by atoms with van der Waals surface area (Å²) in [6, 6.07) is 8.29. The van der Waals surface area contributed by atoms with E-state index < -0.39 is 18.2 Å². The first-order valence-corrected chi connectivity index (χ1v) is 11.4. The van der Waals surface area contributed by atoms with Gasteiger partial charge in [0.25, 0.3) is 0 Å². The van der Waals surface area contributed by atoms with Crippen molar-refractivity contribution >= 4 is 17.9 Å². The molecule has 33 heavy (non-hydrogen) atoms. The van der Waals surface area contributed by atoms with Crippen molar-refractivity contribution in [3.05, 3.63) is 52.9 Å². The second kappa shape index (κ2) is 11.5. The third kappa shape index (κ3) is 6.81. The van der Waals surface area contributed by atoms with Crippen LogP contribution in [0.15, 0.2) is 34.9 Å². The van der Waals surface area contributed by atoms with Crippen LogP contribution in [0.3, 0.4) is 0 Å². The maximum atomic E-state index is 13.2. The van der Waals surface area contributed by atoms with E-state index >= 15 is 0 Å². The van der Waals surface area contributed by atoms with Gasteiger partial charge in [-0.15, -0.1) is 0 Å². The van der Waals surface area contributed by atoms with Crippen molar-refractivity contribution in [3.63, 3.8) is 0 Å². The van der Waals surface area contributed by atoms with E-state index in [1.54, 1.807) is 17.9 Å². The lowest BCUT2D eigenvalue weighted by Gasteiger charge is -2.26. The first kappa shape index (κ1) is 24.3. The number of carbonyl (C=O) groups is 3. The van der Waals surface area contributed by atoms with Gasteiger partial charge in [0.1, 0.15) is 18.4 Å². The Kier molecular flexibility index (Phi) is 8.46. The number of hydrogen-bond acceptors (Lipinski definition) is 6. The molecule has 2 heterocycles. The zero-order valence-corrected chi connectivity index (χ0v) is 19.4. The minimum Gasteiger partial charge on any atom is -0.447 e. The number of nitrogens with one attached hydrogen (secondary N) is 2. The number of hydrogen-bond donors (Lipinski definition) is 2. The lowest BCUT2D eigenvalue weighted by molar-refractivity contribution is -0.138. The number of carbonyl (C=O) groups excluding carboxylic acids is 3. The van der Waals surface area contributed by atoms with Gasteiger partial charge >= 0.3 is 6.09 Å². The van der Waals surface area contributed by atoms with E-state index in [1.807, 2.05) is 38.1 Å². The van der Waals surface area contributed by atoms with Gasteiger partial charge in [-0.2, -0.15) is 0 Å². The average Bonchev–Trinajstić information content (AvgIpc) is 3.45. The Morgan fingerprint density at radius 3 is 2.67 bits per heavy atom. The molecule has 1 saturated heterocycles. The molecule has 1 aromatic carbocycles. The van der Waals surface area contributed by atoms with Crippen LogP contribution >= 0.6 is 0 Å². The molecule has 0 bridgehead atoms. The highest BCUT2D eigenvalue weighted by atomic mass is 16.5. The van der Waals surface area contributed by atoms with Crippen LogP contribution in [0.2, 0.25) is 0 Å². The van der Waals surface area contributed by atoms with Crippen LogP contribution in [0.5, 0.6) is 0 Å². The third-order valence-electron chi connectivity index (χ3n) is 5.57. The standard InChI is InChI=1S/C24H32N4O5/c1-4-11-25-24(31)32-15-20(18-9-7-16(2)8-10-18)26-23(30)21-6-5-12-28(21)22(29)14-19-13-17(3)27-33-19/h7-10,13,20-21H,4-6,11-12,14-15H2,1-3H3,(H,25,31)(H,26,30)/t20-,21-/m0/s1. The summed E-state index contributed by atoms with van der Waals surface area (Å²) in [5, 5.41) is 9.46. The first-order valence-electron chi connectivity index (χ1n) is 11.4. The molecular weight excluding hydrogens is 424 g/mol. The summed E-state index contributed by atoms with van der Waals surface area (Å²) in [4.78, 5) is 39.5. The summed E-state index contributed by atoms with van der Waals surface area (Å²) in [7, 11) is 0. The number of amides is 3. The third-order valence-corrected chi connectivity index (χ3v) is 5.57. The van der Waals surface area contributed by atoms with Gasteiger partial charge in [0.2, 0.25) is 11.8 Å². The number of ether oxygens (including phenoxy) is 1. The van der Waals surface area contributed by atoms with E-state index in [0.29, 0.717) is 31.0 Å². The summed E-state index contributed by atoms with van der Waals surface area (Å²) >= 11 is 0. The topological polar surface area (TPSA) is 114 Å². The Balaban J connectivity index is 1.67. The molecule has 1 fully saturated rings. The van der Waals surface area contributed by atoms with Crippen molar-refractivity contribution in [1.29, 1.82) is 0 Å². The molecule has 178 valence electrons. The number of likely N-dealkylation sites (tertiary alicyclic amines) is 1. The van der Waals surface area contributed by atoms with Crippen molar-refractivity contribution < 1.29 is 23.6 Å². The van der Waals surface area contributed by atoms with Gasteiger partial charge in [-0.25, -0.2) is 4.79 Å². The summed E-state index contributed by atoms with van der Waals surface area (Å²) in [5.41, 5.74) is 2.61. The van der Waals surface area contributed by atoms with Gasteiger partial charge in [-0.1, -0.05) is 41.9 Å². The molecule has 1 aliphatic heterocycles. The van der Waals surface area contributed by atoms with Gasteiger partial charge in [0.15, 0.2) is 0 Å². The number of benzene rings is 1. The second-order valence-corrected chi connectivity index (χ2v) is 8.35. The van der Waals surface area contributed by atoms with E-state index in [2.05, 4.69) is 15.8 Å². The lowest BCUT2D eigenvalue weighted by atomic mass is 10.0. The van der Waals surface area contributed by atoms with Gasteiger partial charge in [-0.05, 0) is 38.7 Å². The number of alkyl carbamates (subject to hydrolysis) is 1. The molecule has 0 saturated carbocycles. The number of aryl methyl sites for hydroxylation is 2. The van der Waals surface area contributed by atoms with E-state index in [1.165, 1.54) is 0 Å². The van der Waals surface area contributed by atoms with Crippen LogP contribution in [0.1, 0.15) is 54.8 Å². The number of nitrogens with zero attached hydrogens (tertiary/aromatic N) is 2. The zero-order valence-electron chi connectivity index (χ0n) is 19.4. The molecule has 9 heteroatoms. The van der Waals surface area contributed by atoms with E-state index in [0.717, 1.165) is 24.0 Å². The van der Waals surface area contributed by atoms with Crippen molar-refractivity contribution in [3.8, 4) is 0 Å². The zero-order chi connectivity index (χ0) is 23.8. The van der Waals surface area contributed by atoms with E-state index in [9.17, 15) is 14.4 Å². The van der Waals surface area contributed by atoms with Gasteiger partial charge in [-0.3, -0.25) is 9.59 Å². The van der Waals surface area contributed by atoms with Gasteiger partial charge in [0, 0.05) is 19.2 Å². The van der Waals surface area contributed by atoms with Crippen LogP contribution in [-0.4, -0.2) is 53.7 Å². The van der Waals surface area contributed by atoms with Crippen molar-refractivity contribution in [2.75, 3.05) is 19.7 Å². The molecule has 1 aromatic heterocycles. The van der Waals surface area contributed by atoms with Crippen molar-refractivity contribution in [2.24, 2.45) is 0 Å². The number of rotatable bonds is 9. The fourth-order valence-corrected chi connectivity index (χ4v) is 3.81. The first-order chi connectivity index (χ1) is 15.9. The Bertz CT molecular complexity index is 956. The van der Waals surface area contributed by atoms with Crippen LogP contribution in [0.4, 0.5) is 4.79 Å². The predicted molar refractivity (Wildman–Crippen MR) is 121 cm³/mol. The highest BCUT2D eigenvalue weighted by Crippen LogP contribution is 2.22. The largest absolute Gasteiger partial charge is 0.447 e. The molecule has 9 nitrogen and oxygen atoms in total. The van der Waals surface area contributed by atoms with Crippen LogP contribution in [0.25, 0.3) is 0 Å². The predicted octanol–water partition coefficient (Wildman–Crippen LogP) is 2.82. The molecule has 2 aromatic rings. The highest BCUT2D eigenvalue weighted by Gasteiger charge is 2.35. The fourth-order valence-electron chi connectivity index (χ4n) is 3.81. The quantitative estimate of drug-likeness (QED) is 0.600. The van der Waals surface area contributed by atoms with Crippen molar-refractivity contribution in [1.82, 2.24) is 20.7 Å². The molecule has 3 amide bonds. The second-order valence-electron chi connectivity index (χ2n) is 8.35. The fraction of sp³-hybridized carbons (Fsp3) is 0.500. The Labute approximate surface area is 193 Å². The normalized spacial score (nSPS) is 16.3. The SMILES string of the molecule is CCCNC(=O)OC[C@H](NC(=O)[C@@H]1CCCN1C(=O)Cc1cc(C)no1)c1ccc(C)cc1. The Morgan fingerprint density at radius 2 is 2.00 bits per heavy atom. The minimum absolute atomic E-state index is 0.0116. The highest BCUT2D eigenvalue weighted by molar-refractivity contribution is 5.89. The Hall–Kier alpha value is -3.36. The summed E-state index contributed by atoms with van der Waals surface area (Å²) < 4.78 is 10.5. The number of aromatic nitrogens is 1. The van der Waals surface area contributed by atoms with Gasteiger partial charge < -0.3 is 24.8 Å². The maximum absolute atomic E-state index is 13.2. The van der Waals surface area contributed by atoms with Crippen LogP contribution < -0.4 is 10.6 Å².